The summed E-state index contributed by atoms with van der Waals surface area (Å²) in [5, 5.41) is 14.8. The van der Waals surface area contributed by atoms with Crippen LogP contribution in [0.1, 0.15) is 44.6 Å². The highest BCUT2D eigenvalue weighted by atomic mass is 16.5. The number of aliphatic hydroxyl groups excluding tert-OH is 1. The van der Waals surface area contributed by atoms with Gasteiger partial charge in [0.25, 0.3) is 0 Å². The normalized spacial score (nSPS) is 32.8. The molecule has 3 fully saturated rings. The summed E-state index contributed by atoms with van der Waals surface area (Å²) < 4.78 is 6.50. The van der Waals surface area contributed by atoms with Crippen LogP contribution in [0.3, 0.4) is 0 Å². The highest BCUT2D eigenvalue weighted by Crippen LogP contribution is 2.63. The third-order valence-corrected chi connectivity index (χ3v) is 7.42. The number of hydrogen-bond acceptors (Lipinski definition) is 5. The average molecular weight is 444 g/mol. The highest BCUT2D eigenvalue weighted by Gasteiger charge is 2.77. The first-order valence-corrected chi connectivity index (χ1v) is 11.5. The Labute approximate surface area is 188 Å². The number of carbonyl (C=O) groups is 3. The molecule has 0 saturated carbocycles. The van der Waals surface area contributed by atoms with E-state index < -0.39 is 29.1 Å². The lowest BCUT2D eigenvalue weighted by molar-refractivity contribution is -0.146. The monoisotopic (exact) mass is 443 g/mol. The largest absolute Gasteiger partial charge is 0.396 e. The van der Waals surface area contributed by atoms with Crippen LogP contribution in [-0.2, 0) is 25.7 Å². The van der Waals surface area contributed by atoms with Crippen molar-refractivity contribution >= 4 is 17.7 Å². The van der Waals surface area contributed by atoms with Gasteiger partial charge in [-0.25, -0.2) is 0 Å². The summed E-state index contributed by atoms with van der Waals surface area (Å²) in [5.74, 6) is -1.90. The molecule has 0 aromatic heterocycles. The molecule has 0 radical (unpaired) electrons. The first-order chi connectivity index (χ1) is 15.4. The highest BCUT2D eigenvalue weighted by molar-refractivity contribution is 5.99. The molecule has 3 N–H and O–H groups in total. The summed E-state index contributed by atoms with van der Waals surface area (Å²) in [6.07, 6.45) is 3.30. The summed E-state index contributed by atoms with van der Waals surface area (Å²) in [4.78, 5) is 41.6. The van der Waals surface area contributed by atoms with Crippen LogP contribution in [0.25, 0.3) is 0 Å². The van der Waals surface area contributed by atoms with Crippen molar-refractivity contribution in [3.63, 3.8) is 0 Å². The molecule has 4 rings (SSSR count). The number of aliphatic hydroxyl groups is 1. The minimum Gasteiger partial charge on any atom is -0.396 e. The van der Waals surface area contributed by atoms with E-state index in [1.54, 1.807) is 11.9 Å². The average Bonchev–Trinajstić information content (AvgIpc) is 3.36. The van der Waals surface area contributed by atoms with Crippen molar-refractivity contribution in [3.05, 3.63) is 35.9 Å². The zero-order valence-corrected chi connectivity index (χ0v) is 18.8. The van der Waals surface area contributed by atoms with Gasteiger partial charge in [0.1, 0.15) is 11.6 Å². The second kappa shape index (κ2) is 8.83. The lowest BCUT2D eigenvalue weighted by Gasteiger charge is -2.33. The Hall–Kier alpha value is -2.45. The molecule has 2 unspecified atom stereocenters. The maximum absolute atomic E-state index is 13.6. The topological polar surface area (TPSA) is 108 Å². The number of unbranched alkanes of at least 4 members (excludes halogenated alkanes) is 2. The van der Waals surface area contributed by atoms with Crippen molar-refractivity contribution in [2.75, 3.05) is 20.2 Å². The maximum atomic E-state index is 13.6. The van der Waals surface area contributed by atoms with E-state index in [-0.39, 0.29) is 24.3 Å². The maximum Gasteiger partial charge on any atom is 0.246 e. The predicted octanol–water partition coefficient (Wildman–Crippen LogP) is 0.976. The van der Waals surface area contributed by atoms with Gasteiger partial charge in [-0.2, -0.15) is 0 Å². The fraction of sp³-hybridized carbons (Fsp3) is 0.625. The van der Waals surface area contributed by atoms with Crippen LogP contribution >= 0.6 is 0 Å². The van der Waals surface area contributed by atoms with Crippen LogP contribution in [-0.4, -0.2) is 65.2 Å². The summed E-state index contributed by atoms with van der Waals surface area (Å²) in [7, 11) is 1.57. The Balaban J connectivity index is 1.62. The number of ether oxygens (including phenoxy) is 1. The van der Waals surface area contributed by atoms with E-state index in [9.17, 15) is 14.4 Å². The molecule has 0 aliphatic carbocycles. The Bertz CT molecular complexity index is 878. The molecule has 5 atom stereocenters. The molecule has 8 nitrogen and oxygen atoms in total. The number of hydrogen-bond donors (Lipinski definition) is 3. The van der Waals surface area contributed by atoms with E-state index >= 15 is 0 Å². The second-order valence-corrected chi connectivity index (χ2v) is 9.36. The molecule has 1 aromatic carbocycles. The van der Waals surface area contributed by atoms with Gasteiger partial charge in [0, 0.05) is 26.7 Å². The van der Waals surface area contributed by atoms with Gasteiger partial charge in [0.2, 0.25) is 17.7 Å². The molecule has 2 bridgehead atoms. The van der Waals surface area contributed by atoms with Crippen molar-refractivity contribution in [2.45, 2.75) is 62.8 Å². The number of fused-ring (bicyclic) bond motifs is 1. The zero-order valence-electron chi connectivity index (χ0n) is 18.8. The molecule has 3 aliphatic heterocycles. The van der Waals surface area contributed by atoms with Gasteiger partial charge in [0.05, 0.1) is 17.4 Å². The molecule has 3 amide bonds. The molecule has 1 aromatic rings. The Morgan fingerprint density at radius 3 is 2.59 bits per heavy atom. The van der Waals surface area contributed by atoms with Gasteiger partial charge in [-0.05, 0) is 44.6 Å². The van der Waals surface area contributed by atoms with E-state index in [1.807, 2.05) is 37.3 Å². The summed E-state index contributed by atoms with van der Waals surface area (Å²) in [6.45, 7) is 2.75. The quantitative estimate of drug-likeness (QED) is 0.493. The number of carbonyl (C=O) groups excluding carboxylic acids is 3. The minimum absolute atomic E-state index is 0.0989. The summed E-state index contributed by atoms with van der Waals surface area (Å²) in [5.41, 5.74) is -0.761. The van der Waals surface area contributed by atoms with Crippen LogP contribution < -0.4 is 10.6 Å². The van der Waals surface area contributed by atoms with Crippen molar-refractivity contribution in [1.82, 2.24) is 15.5 Å². The Kier molecular flexibility index (Phi) is 6.27. The van der Waals surface area contributed by atoms with E-state index in [1.165, 1.54) is 0 Å². The van der Waals surface area contributed by atoms with Crippen LogP contribution in [0.2, 0.25) is 0 Å². The van der Waals surface area contributed by atoms with Crippen molar-refractivity contribution in [2.24, 2.45) is 11.8 Å². The smallest absolute Gasteiger partial charge is 0.246 e. The van der Waals surface area contributed by atoms with Crippen LogP contribution in [0.15, 0.2) is 30.3 Å². The number of likely N-dealkylation sites (tertiary alicyclic amines) is 1. The molecular weight excluding hydrogens is 410 g/mol. The third kappa shape index (κ3) is 3.59. The van der Waals surface area contributed by atoms with Crippen LogP contribution in [0, 0.1) is 11.8 Å². The van der Waals surface area contributed by atoms with Crippen molar-refractivity contribution < 1.29 is 24.2 Å². The fourth-order valence-electron chi connectivity index (χ4n) is 5.98. The zero-order chi connectivity index (χ0) is 22.9. The number of nitrogens with zero attached hydrogens (tertiary/aromatic N) is 1. The van der Waals surface area contributed by atoms with Crippen molar-refractivity contribution in [3.8, 4) is 0 Å². The van der Waals surface area contributed by atoms with E-state index in [4.69, 9.17) is 9.84 Å². The van der Waals surface area contributed by atoms with Gasteiger partial charge in [-0.3, -0.25) is 14.4 Å². The van der Waals surface area contributed by atoms with Crippen molar-refractivity contribution in [1.29, 1.82) is 0 Å². The first-order valence-electron chi connectivity index (χ1n) is 11.5. The molecule has 32 heavy (non-hydrogen) atoms. The van der Waals surface area contributed by atoms with E-state index in [0.717, 1.165) is 12.0 Å². The molecule has 3 heterocycles. The van der Waals surface area contributed by atoms with E-state index in [2.05, 4.69) is 10.6 Å². The number of benzene rings is 1. The molecule has 3 saturated heterocycles. The third-order valence-electron chi connectivity index (χ3n) is 7.42. The van der Waals surface area contributed by atoms with Gasteiger partial charge in [0.15, 0.2) is 0 Å². The molecule has 1 spiro atoms. The summed E-state index contributed by atoms with van der Waals surface area (Å²) >= 11 is 0. The Morgan fingerprint density at radius 1 is 1.16 bits per heavy atom. The Morgan fingerprint density at radius 2 is 1.91 bits per heavy atom. The number of rotatable bonds is 9. The SMILES string of the molecule is CNC(=O)[C@@H]1[C@H]2C(=O)N(CCCCCO)C(C(=O)NCc3ccccc3)C23CC[C@@]1(C)O3. The molecule has 8 heteroatoms. The summed E-state index contributed by atoms with van der Waals surface area (Å²) in [6, 6.07) is 8.86. The lowest BCUT2D eigenvalue weighted by atomic mass is 9.66. The standard InChI is InChI=1S/C24H33N3O5/c1-23-11-12-24(32-23)18(17(23)20(29)25-2)22(31)27(13-7-4-8-14-28)19(24)21(30)26-15-16-9-5-3-6-10-16/h3,5-6,9-10,17-19,28H,4,7-8,11-15H2,1-2H3,(H,25,29)(H,26,30)/t17-,18-,19?,23+,24?/m0/s1. The van der Waals surface area contributed by atoms with E-state index in [0.29, 0.717) is 38.8 Å². The lowest BCUT2D eigenvalue weighted by Crippen LogP contribution is -2.55. The van der Waals surface area contributed by atoms with Gasteiger partial charge in [-0.1, -0.05) is 30.3 Å². The second-order valence-electron chi connectivity index (χ2n) is 9.36. The molecule has 174 valence electrons. The molecule has 3 aliphatic rings. The first kappa shape index (κ1) is 22.7. The van der Waals surface area contributed by atoms with Gasteiger partial charge >= 0.3 is 0 Å². The molecular formula is C24H33N3O5. The van der Waals surface area contributed by atoms with Crippen LogP contribution in [0.5, 0.6) is 0 Å². The van der Waals surface area contributed by atoms with Crippen LogP contribution in [0.4, 0.5) is 0 Å². The number of amides is 3. The van der Waals surface area contributed by atoms with Gasteiger partial charge < -0.3 is 25.4 Å². The van der Waals surface area contributed by atoms with Gasteiger partial charge in [-0.15, -0.1) is 0 Å². The minimum atomic E-state index is -0.985. The predicted molar refractivity (Wildman–Crippen MR) is 117 cm³/mol. The fourth-order valence-corrected chi connectivity index (χ4v) is 5.98. The number of nitrogens with one attached hydrogen (secondary N) is 2.